The highest BCUT2D eigenvalue weighted by molar-refractivity contribution is 5.80. The minimum atomic E-state index is -0.200. The van der Waals surface area contributed by atoms with Gasteiger partial charge in [0.25, 0.3) is 0 Å². The van der Waals surface area contributed by atoms with Crippen molar-refractivity contribution < 1.29 is 0 Å². The molecule has 0 saturated heterocycles. The summed E-state index contributed by atoms with van der Waals surface area (Å²) < 4.78 is 0. The third-order valence-corrected chi connectivity index (χ3v) is 2.97. The van der Waals surface area contributed by atoms with Gasteiger partial charge in [0.15, 0.2) is 0 Å². The van der Waals surface area contributed by atoms with Gasteiger partial charge in [-0.25, -0.2) is 9.78 Å². The Morgan fingerprint density at radius 3 is 2.84 bits per heavy atom. The van der Waals surface area contributed by atoms with E-state index in [0.717, 1.165) is 28.1 Å². The van der Waals surface area contributed by atoms with Gasteiger partial charge in [-0.05, 0) is 19.1 Å². The maximum atomic E-state index is 11.2. The number of hydrogen-bond donors (Lipinski definition) is 4. The highest BCUT2D eigenvalue weighted by atomic mass is 16.1. The van der Waals surface area contributed by atoms with E-state index in [9.17, 15) is 4.79 Å². The summed E-state index contributed by atoms with van der Waals surface area (Å²) in [4.78, 5) is 24.2. The van der Waals surface area contributed by atoms with Crippen LogP contribution in [0.25, 0.3) is 22.3 Å². The Balaban J connectivity index is 1.98. The molecule has 2 heterocycles. The molecule has 0 aliphatic rings. The van der Waals surface area contributed by atoms with E-state index in [-0.39, 0.29) is 11.7 Å². The lowest BCUT2D eigenvalue weighted by Gasteiger charge is -2.01. The fraction of sp³-hybridized carbons (Fsp3) is 0.231. The van der Waals surface area contributed by atoms with Crippen molar-refractivity contribution in [3.63, 3.8) is 0 Å². The van der Waals surface area contributed by atoms with Gasteiger partial charge < -0.3 is 20.7 Å². The Morgan fingerprint density at radius 2 is 2.05 bits per heavy atom. The third kappa shape index (κ3) is 2.30. The highest BCUT2D eigenvalue weighted by Crippen LogP contribution is 2.20. The van der Waals surface area contributed by atoms with Crippen molar-refractivity contribution in [3.8, 4) is 11.3 Å². The quantitative estimate of drug-likeness (QED) is 0.565. The van der Waals surface area contributed by atoms with Crippen LogP contribution in [0.5, 0.6) is 0 Å². The van der Waals surface area contributed by atoms with Gasteiger partial charge in [0.2, 0.25) is 0 Å². The molecular weight excluding hydrogens is 242 g/mol. The molecule has 0 radical (unpaired) electrons. The predicted octanol–water partition coefficient (Wildman–Crippen LogP) is 1.14. The van der Waals surface area contributed by atoms with Crippen LogP contribution in [0.3, 0.4) is 0 Å². The van der Waals surface area contributed by atoms with E-state index in [2.05, 4.69) is 19.9 Å². The molecule has 0 amide bonds. The van der Waals surface area contributed by atoms with Crippen LogP contribution in [0.2, 0.25) is 0 Å². The van der Waals surface area contributed by atoms with Crippen LogP contribution < -0.4 is 11.4 Å². The zero-order valence-electron chi connectivity index (χ0n) is 10.5. The van der Waals surface area contributed by atoms with Gasteiger partial charge >= 0.3 is 5.69 Å². The topological polar surface area (TPSA) is 103 Å². The minimum Gasteiger partial charge on any atom is -0.342 e. The molecule has 1 unspecified atom stereocenters. The molecule has 3 rings (SSSR count). The largest absolute Gasteiger partial charge is 0.342 e. The number of hydrogen-bond acceptors (Lipinski definition) is 3. The average Bonchev–Trinajstić information content (AvgIpc) is 2.92. The Labute approximate surface area is 109 Å². The van der Waals surface area contributed by atoms with Gasteiger partial charge in [-0.15, -0.1) is 0 Å². The van der Waals surface area contributed by atoms with Gasteiger partial charge in [-0.3, -0.25) is 0 Å². The van der Waals surface area contributed by atoms with E-state index in [1.807, 2.05) is 25.1 Å². The summed E-state index contributed by atoms with van der Waals surface area (Å²) in [5, 5.41) is 0. The first-order valence-corrected chi connectivity index (χ1v) is 6.14. The molecule has 1 aromatic carbocycles. The number of fused-ring (bicyclic) bond motifs is 1. The van der Waals surface area contributed by atoms with E-state index >= 15 is 0 Å². The van der Waals surface area contributed by atoms with E-state index in [1.54, 1.807) is 6.20 Å². The zero-order valence-corrected chi connectivity index (χ0v) is 10.5. The van der Waals surface area contributed by atoms with Crippen LogP contribution in [-0.4, -0.2) is 26.0 Å². The third-order valence-electron chi connectivity index (χ3n) is 2.97. The summed E-state index contributed by atoms with van der Waals surface area (Å²) >= 11 is 0. The fourth-order valence-electron chi connectivity index (χ4n) is 2.12. The number of rotatable bonds is 3. The summed E-state index contributed by atoms with van der Waals surface area (Å²) in [6.45, 7) is 1.94. The second-order valence-corrected chi connectivity index (χ2v) is 4.76. The van der Waals surface area contributed by atoms with Crippen molar-refractivity contribution in [1.29, 1.82) is 0 Å². The summed E-state index contributed by atoms with van der Waals surface area (Å²) in [6, 6.07) is 5.79. The van der Waals surface area contributed by atoms with Crippen molar-refractivity contribution in [2.75, 3.05) is 0 Å². The maximum Gasteiger partial charge on any atom is 0.323 e. The standard InChI is InChI=1S/C13H15N5O/c1-7(14)4-12-15-6-11(16-12)8-2-3-9-10(5-8)18-13(19)17-9/h2-3,5-7H,4,14H2,1H3,(H,15,16)(H2,17,18,19). The number of nitrogens with one attached hydrogen (secondary N) is 3. The lowest BCUT2D eigenvalue weighted by Crippen LogP contribution is -2.18. The number of aromatic amines is 3. The summed E-state index contributed by atoms with van der Waals surface area (Å²) in [6.07, 6.45) is 2.49. The molecular formula is C13H15N5O. The lowest BCUT2D eigenvalue weighted by atomic mass is 10.1. The van der Waals surface area contributed by atoms with Crippen molar-refractivity contribution in [2.45, 2.75) is 19.4 Å². The molecule has 0 bridgehead atoms. The van der Waals surface area contributed by atoms with Crippen LogP contribution in [0, 0.1) is 0 Å². The van der Waals surface area contributed by atoms with Crippen molar-refractivity contribution >= 4 is 11.0 Å². The Morgan fingerprint density at radius 1 is 1.26 bits per heavy atom. The lowest BCUT2D eigenvalue weighted by molar-refractivity contribution is 0.710. The van der Waals surface area contributed by atoms with Crippen LogP contribution in [-0.2, 0) is 6.42 Å². The highest BCUT2D eigenvalue weighted by Gasteiger charge is 2.07. The average molecular weight is 257 g/mol. The van der Waals surface area contributed by atoms with Crippen LogP contribution in [0.15, 0.2) is 29.2 Å². The zero-order chi connectivity index (χ0) is 13.4. The molecule has 5 N–H and O–H groups in total. The van der Waals surface area contributed by atoms with E-state index < -0.39 is 0 Å². The molecule has 3 aromatic rings. The van der Waals surface area contributed by atoms with Crippen molar-refractivity contribution in [2.24, 2.45) is 5.73 Å². The summed E-state index contributed by atoms with van der Waals surface area (Å²) in [5.74, 6) is 0.868. The summed E-state index contributed by atoms with van der Waals surface area (Å²) in [5.41, 5.74) is 9.02. The first-order chi connectivity index (χ1) is 9.11. The van der Waals surface area contributed by atoms with Gasteiger partial charge in [-0.1, -0.05) is 6.07 Å². The second-order valence-electron chi connectivity index (χ2n) is 4.76. The molecule has 0 spiro atoms. The SMILES string of the molecule is CC(N)Cc1ncc(-c2ccc3[nH]c(=O)[nH]c3c2)[nH]1. The first-order valence-electron chi connectivity index (χ1n) is 6.14. The van der Waals surface area contributed by atoms with Gasteiger partial charge in [-0.2, -0.15) is 0 Å². The number of nitrogens with two attached hydrogens (primary N) is 1. The van der Waals surface area contributed by atoms with E-state index in [0.29, 0.717) is 6.42 Å². The van der Waals surface area contributed by atoms with Gasteiger partial charge in [0, 0.05) is 18.0 Å². The van der Waals surface area contributed by atoms with Crippen molar-refractivity contribution in [3.05, 3.63) is 40.7 Å². The van der Waals surface area contributed by atoms with E-state index in [1.165, 1.54) is 0 Å². The maximum absolute atomic E-state index is 11.2. The minimum absolute atomic E-state index is 0.0718. The molecule has 1 atom stereocenters. The number of benzene rings is 1. The molecule has 0 aliphatic heterocycles. The van der Waals surface area contributed by atoms with Gasteiger partial charge in [0.05, 0.1) is 22.9 Å². The molecule has 98 valence electrons. The van der Waals surface area contributed by atoms with E-state index in [4.69, 9.17) is 5.73 Å². The normalized spacial score (nSPS) is 12.9. The molecule has 2 aromatic heterocycles. The number of aromatic nitrogens is 4. The second kappa shape index (κ2) is 4.40. The Kier molecular flexibility index (Phi) is 2.72. The number of imidazole rings is 2. The first kappa shape index (κ1) is 11.7. The smallest absolute Gasteiger partial charge is 0.323 e. The fourth-order valence-corrected chi connectivity index (χ4v) is 2.12. The molecule has 6 heteroatoms. The van der Waals surface area contributed by atoms with Crippen molar-refractivity contribution in [1.82, 2.24) is 19.9 Å². The number of H-pyrrole nitrogens is 3. The molecule has 6 nitrogen and oxygen atoms in total. The van der Waals surface area contributed by atoms with Crippen LogP contribution in [0.1, 0.15) is 12.7 Å². The Bertz CT molecular complexity index is 765. The van der Waals surface area contributed by atoms with Crippen LogP contribution in [0.4, 0.5) is 0 Å². The van der Waals surface area contributed by atoms with Gasteiger partial charge in [0.1, 0.15) is 5.82 Å². The summed E-state index contributed by atoms with van der Waals surface area (Å²) in [7, 11) is 0. The van der Waals surface area contributed by atoms with Crippen LogP contribution >= 0.6 is 0 Å². The Hall–Kier alpha value is -2.34. The molecule has 0 fully saturated rings. The molecule has 0 saturated carbocycles. The molecule has 0 aliphatic carbocycles. The monoisotopic (exact) mass is 257 g/mol. The molecule has 19 heavy (non-hydrogen) atoms. The predicted molar refractivity (Wildman–Crippen MR) is 73.9 cm³/mol. The number of nitrogens with zero attached hydrogens (tertiary/aromatic N) is 1.